The van der Waals surface area contributed by atoms with Crippen LogP contribution >= 0.6 is 0 Å². The van der Waals surface area contributed by atoms with Crippen LogP contribution in [0, 0.1) is 11.8 Å². The molecule has 0 amide bonds. The topological polar surface area (TPSA) is 49.8 Å². The zero-order valence-electron chi connectivity index (χ0n) is 12.5. The fourth-order valence-electron chi connectivity index (χ4n) is 2.55. The smallest absolute Gasteiger partial charge is 0.356 e. The van der Waals surface area contributed by atoms with Crippen molar-refractivity contribution in [3.63, 3.8) is 0 Å². The minimum Gasteiger partial charge on any atom is -0.458 e. The van der Waals surface area contributed by atoms with Gasteiger partial charge >= 0.3 is 5.97 Å². The lowest BCUT2D eigenvalue weighted by atomic mass is 9.94. The molecule has 1 aromatic carbocycles. The molecule has 1 aliphatic heterocycles. The molecular weight excluding hydrogens is 266 g/mol. The average Bonchev–Trinajstić information content (AvgIpc) is 2.48. The molecule has 1 saturated heterocycles. The van der Waals surface area contributed by atoms with E-state index >= 15 is 0 Å². The lowest BCUT2D eigenvalue weighted by Gasteiger charge is -2.31. The number of likely N-dealkylation sites (N-methyl/N-ethyl adjacent to an activating group) is 1. The molecule has 0 aliphatic carbocycles. The van der Waals surface area contributed by atoms with Crippen LogP contribution in [0.3, 0.4) is 0 Å². The summed E-state index contributed by atoms with van der Waals surface area (Å²) < 4.78 is 5.50. The van der Waals surface area contributed by atoms with Crippen molar-refractivity contribution >= 4 is 5.97 Å². The van der Waals surface area contributed by atoms with E-state index in [-0.39, 0.29) is 6.10 Å². The van der Waals surface area contributed by atoms with Gasteiger partial charge in [0.25, 0.3) is 0 Å². The molecule has 2 unspecified atom stereocenters. The predicted molar refractivity (Wildman–Crippen MR) is 80.4 cm³/mol. The molecule has 112 valence electrons. The Balaban J connectivity index is 2.17. The van der Waals surface area contributed by atoms with Gasteiger partial charge in [0, 0.05) is 12.1 Å². The number of hydrogen-bond acceptors (Lipinski definition) is 4. The largest absolute Gasteiger partial charge is 0.458 e. The Labute approximate surface area is 125 Å². The summed E-state index contributed by atoms with van der Waals surface area (Å²) in [5.41, 5.74) is -1.46. The third kappa shape index (κ3) is 3.63. The summed E-state index contributed by atoms with van der Waals surface area (Å²) >= 11 is 0. The third-order valence-electron chi connectivity index (χ3n) is 3.65. The van der Waals surface area contributed by atoms with E-state index in [9.17, 15) is 9.90 Å². The van der Waals surface area contributed by atoms with Crippen LogP contribution < -0.4 is 0 Å². The summed E-state index contributed by atoms with van der Waals surface area (Å²) in [5.74, 6) is 4.52. The van der Waals surface area contributed by atoms with Crippen LogP contribution in [0.15, 0.2) is 30.3 Å². The van der Waals surface area contributed by atoms with Crippen LogP contribution in [0.2, 0.25) is 0 Å². The first-order valence-electron chi connectivity index (χ1n) is 7.17. The third-order valence-corrected chi connectivity index (χ3v) is 3.65. The van der Waals surface area contributed by atoms with Gasteiger partial charge in [0.05, 0.1) is 0 Å². The maximum atomic E-state index is 12.4. The highest BCUT2D eigenvalue weighted by Gasteiger charge is 2.39. The number of ether oxygens (including phenoxy) is 1. The van der Waals surface area contributed by atoms with Crippen molar-refractivity contribution in [2.45, 2.75) is 31.5 Å². The van der Waals surface area contributed by atoms with Gasteiger partial charge in [-0.1, -0.05) is 36.3 Å². The van der Waals surface area contributed by atoms with Crippen molar-refractivity contribution in [2.75, 3.05) is 20.1 Å². The Morgan fingerprint density at radius 1 is 1.43 bits per heavy atom. The maximum absolute atomic E-state index is 12.4. The zero-order chi connectivity index (χ0) is 15.3. The van der Waals surface area contributed by atoms with E-state index < -0.39 is 11.6 Å². The first-order valence-corrected chi connectivity index (χ1v) is 7.17. The number of likely N-dealkylation sites (tertiary alicyclic amines) is 1. The molecule has 0 saturated carbocycles. The standard InChI is InChI=1S/C17H21NO3/c1-3-11-17(20,14-8-5-4-6-9-14)16(19)21-15-10-7-12-18(2)13-15/h4-6,8-9,15,20H,7,10,12-13H2,1-2H3. The normalized spacial score (nSPS) is 21.8. The molecule has 0 radical (unpaired) electrons. The fraction of sp³-hybridized carbons (Fsp3) is 0.471. The van der Waals surface area contributed by atoms with Crippen LogP contribution in [0.1, 0.15) is 25.3 Å². The summed E-state index contributed by atoms with van der Waals surface area (Å²) in [6.07, 6.45) is 1.61. The van der Waals surface area contributed by atoms with Gasteiger partial charge in [-0.25, -0.2) is 4.79 Å². The van der Waals surface area contributed by atoms with Crippen molar-refractivity contribution in [1.29, 1.82) is 0 Å². The van der Waals surface area contributed by atoms with Gasteiger partial charge in [0.15, 0.2) is 0 Å². The number of carbonyl (C=O) groups is 1. The lowest BCUT2D eigenvalue weighted by molar-refractivity contribution is -0.168. The first kappa shape index (κ1) is 15.6. The predicted octanol–water partition coefficient (Wildman–Crippen LogP) is 1.53. The van der Waals surface area contributed by atoms with E-state index in [0.717, 1.165) is 19.4 Å². The van der Waals surface area contributed by atoms with Crippen LogP contribution in [0.5, 0.6) is 0 Å². The number of nitrogens with zero attached hydrogens (tertiary/aromatic N) is 1. The number of aliphatic hydroxyl groups is 1. The van der Waals surface area contributed by atoms with Gasteiger partial charge in [-0.05, 0) is 33.4 Å². The minimum absolute atomic E-state index is 0.190. The molecule has 0 bridgehead atoms. The van der Waals surface area contributed by atoms with E-state index in [1.165, 1.54) is 0 Å². The maximum Gasteiger partial charge on any atom is 0.356 e. The minimum atomic E-state index is -1.90. The second kappa shape index (κ2) is 6.75. The highest BCUT2D eigenvalue weighted by atomic mass is 16.6. The zero-order valence-corrected chi connectivity index (χ0v) is 12.5. The van der Waals surface area contributed by atoms with Gasteiger partial charge in [0.1, 0.15) is 6.10 Å². The van der Waals surface area contributed by atoms with Crippen molar-refractivity contribution in [3.05, 3.63) is 35.9 Å². The summed E-state index contributed by atoms with van der Waals surface area (Å²) in [6, 6.07) is 8.71. The molecule has 0 spiro atoms. The molecule has 1 fully saturated rings. The molecule has 21 heavy (non-hydrogen) atoms. The molecule has 2 rings (SSSR count). The summed E-state index contributed by atoms with van der Waals surface area (Å²) in [4.78, 5) is 14.6. The number of esters is 1. The molecule has 1 heterocycles. The van der Waals surface area contributed by atoms with Crippen molar-refractivity contribution in [3.8, 4) is 11.8 Å². The van der Waals surface area contributed by atoms with E-state index in [0.29, 0.717) is 12.1 Å². The van der Waals surface area contributed by atoms with Gasteiger partial charge in [0.2, 0.25) is 5.60 Å². The number of carbonyl (C=O) groups excluding carboxylic acids is 1. The van der Waals surface area contributed by atoms with Crippen LogP contribution in [-0.4, -0.2) is 42.2 Å². The van der Waals surface area contributed by atoms with E-state index in [1.54, 1.807) is 31.2 Å². The van der Waals surface area contributed by atoms with Crippen molar-refractivity contribution < 1.29 is 14.6 Å². The van der Waals surface area contributed by atoms with Gasteiger partial charge in [-0.3, -0.25) is 0 Å². The number of piperidine rings is 1. The van der Waals surface area contributed by atoms with Crippen molar-refractivity contribution in [2.24, 2.45) is 0 Å². The van der Waals surface area contributed by atoms with E-state index in [2.05, 4.69) is 16.7 Å². The Kier molecular flexibility index (Phi) is 5.00. The molecule has 2 atom stereocenters. The van der Waals surface area contributed by atoms with Crippen LogP contribution in [-0.2, 0) is 15.1 Å². The van der Waals surface area contributed by atoms with Crippen LogP contribution in [0.4, 0.5) is 0 Å². The second-order valence-electron chi connectivity index (χ2n) is 5.38. The molecule has 4 nitrogen and oxygen atoms in total. The number of rotatable bonds is 3. The SMILES string of the molecule is CC#CC(O)(C(=O)OC1CCCN(C)C1)c1ccccc1. The average molecular weight is 287 g/mol. The van der Waals surface area contributed by atoms with E-state index in [1.807, 2.05) is 13.1 Å². The molecular formula is C17H21NO3. The highest BCUT2D eigenvalue weighted by molar-refractivity contribution is 5.85. The van der Waals surface area contributed by atoms with Crippen molar-refractivity contribution in [1.82, 2.24) is 4.90 Å². The molecule has 1 N–H and O–H groups in total. The second-order valence-corrected chi connectivity index (χ2v) is 5.38. The fourth-order valence-corrected chi connectivity index (χ4v) is 2.55. The highest BCUT2D eigenvalue weighted by Crippen LogP contribution is 2.24. The Bertz CT molecular complexity index is 546. The molecule has 1 aliphatic rings. The lowest BCUT2D eigenvalue weighted by Crippen LogP contribution is -2.43. The Hall–Kier alpha value is -1.83. The van der Waals surface area contributed by atoms with Gasteiger partial charge in [-0.15, -0.1) is 5.92 Å². The summed E-state index contributed by atoms with van der Waals surface area (Å²) in [5, 5.41) is 10.7. The van der Waals surface area contributed by atoms with Gasteiger partial charge < -0.3 is 14.7 Å². The summed E-state index contributed by atoms with van der Waals surface area (Å²) in [7, 11) is 2.00. The molecule has 1 aromatic rings. The van der Waals surface area contributed by atoms with Crippen LogP contribution in [0.25, 0.3) is 0 Å². The van der Waals surface area contributed by atoms with E-state index in [4.69, 9.17) is 4.74 Å². The molecule has 4 heteroatoms. The first-order chi connectivity index (χ1) is 10.1. The monoisotopic (exact) mass is 287 g/mol. The number of hydrogen-bond donors (Lipinski definition) is 1. The van der Waals surface area contributed by atoms with Gasteiger partial charge in [-0.2, -0.15) is 0 Å². The summed E-state index contributed by atoms with van der Waals surface area (Å²) in [6.45, 7) is 3.29. The quantitative estimate of drug-likeness (QED) is 0.677. The number of benzene rings is 1. The Morgan fingerprint density at radius 2 is 2.14 bits per heavy atom. The Morgan fingerprint density at radius 3 is 2.76 bits per heavy atom. The molecule has 0 aromatic heterocycles.